The molecule has 0 heterocycles. The van der Waals surface area contributed by atoms with Crippen LogP contribution in [-0.4, -0.2) is 23.2 Å². The molecular formula is C20H31NO2. The van der Waals surface area contributed by atoms with E-state index >= 15 is 0 Å². The van der Waals surface area contributed by atoms with E-state index in [-0.39, 0.29) is 17.9 Å². The molecular weight excluding hydrogens is 286 g/mol. The van der Waals surface area contributed by atoms with E-state index in [2.05, 4.69) is 18.5 Å². The molecule has 0 atom stereocenters. The highest BCUT2D eigenvalue weighted by Gasteiger charge is 2.32. The van der Waals surface area contributed by atoms with Crippen LogP contribution in [0.1, 0.15) is 57.8 Å². The SMILES string of the molecule is C=C/C=C(\C=C)CCCC1CC(NC(=O)C2CCC(O)CC2)C1. The van der Waals surface area contributed by atoms with Crippen LogP contribution in [0, 0.1) is 11.8 Å². The van der Waals surface area contributed by atoms with Gasteiger partial charge in [-0.05, 0) is 69.3 Å². The number of hydrogen-bond acceptors (Lipinski definition) is 2. The second-order valence-electron chi connectivity index (χ2n) is 7.12. The van der Waals surface area contributed by atoms with Crippen molar-refractivity contribution in [3.05, 3.63) is 37.0 Å². The summed E-state index contributed by atoms with van der Waals surface area (Å²) < 4.78 is 0. The molecule has 2 aliphatic carbocycles. The molecule has 2 N–H and O–H groups in total. The smallest absolute Gasteiger partial charge is 0.223 e. The summed E-state index contributed by atoms with van der Waals surface area (Å²) in [5.74, 6) is 1.09. The summed E-state index contributed by atoms with van der Waals surface area (Å²) >= 11 is 0. The third-order valence-electron chi connectivity index (χ3n) is 5.32. The Morgan fingerprint density at radius 1 is 1.17 bits per heavy atom. The number of rotatable bonds is 8. The second kappa shape index (κ2) is 9.07. The van der Waals surface area contributed by atoms with E-state index in [9.17, 15) is 9.90 Å². The van der Waals surface area contributed by atoms with Gasteiger partial charge in [0.05, 0.1) is 6.10 Å². The van der Waals surface area contributed by atoms with Crippen LogP contribution >= 0.6 is 0 Å². The van der Waals surface area contributed by atoms with Gasteiger partial charge in [-0.25, -0.2) is 0 Å². The molecule has 2 fully saturated rings. The topological polar surface area (TPSA) is 49.3 Å². The zero-order valence-electron chi connectivity index (χ0n) is 14.2. The summed E-state index contributed by atoms with van der Waals surface area (Å²) in [6.45, 7) is 7.55. The minimum absolute atomic E-state index is 0.122. The van der Waals surface area contributed by atoms with Crippen molar-refractivity contribution in [1.29, 1.82) is 0 Å². The number of carbonyl (C=O) groups is 1. The van der Waals surface area contributed by atoms with Gasteiger partial charge in [-0.1, -0.05) is 31.4 Å². The van der Waals surface area contributed by atoms with Crippen molar-refractivity contribution in [3.63, 3.8) is 0 Å². The normalized spacial score (nSPS) is 31.1. The van der Waals surface area contributed by atoms with Crippen molar-refractivity contribution in [1.82, 2.24) is 5.32 Å². The first kappa shape index (κ1) is 18.0. The molecule has 0 aliphatic heterocycles. The Balaban J connectivity index is 1.58. The number of hydrogen-bond donors (Lipinski definition) is 2. The van der Waals surface area contributed by atoms with Gasteiger partial charge in [0.25, 0.3) is 0 Å². The molecule has 23 heavy (non-hydrogen) atoms. The number of amides is 1. The lowest BCUT2D eigenvalue weighted by Gasteiger charge is -2.37. The van der Waals surface area contributed by atoms with Crippen LogP contribution in [0.3, 0.4) is 0 Å². The number of allylic oxidation sites excluding steroid dienone is 4. The fraction of sp³-hybridized carbons (Fsp3) is 0.650. The Kier molecular flexibility index (Phi) is 7.10. The van der Waals surface area contributed by atoms with Crippen molar-refractivity contribution in [2.75, 3.05) is 0 Å². The largest absolute Gasteiger partial charge is 0.393 e. The fourth-order valence-electron chi connectivity index (χ4n) is 3.75. The lowest BCUT2D eigenvalue weighted by atomic mass is 9.76. The number of aliphatic hydroxyl groups excluding tert-OH is 1. The Labute approximate surface area is 140 Å². The Bertz CT molecular complexity index is 441. The van der Waals surface area contributed by atoms with Crippen molar-refractivity contribution in [3.8, 4) is 0 Å². The lowest BCUT2D eigenvalue weighted by molar-refractivity contribution is -0.128. The van der Waals surface area contributed by atoms with Crippen LogP contribution in [0.25, 0.3) is 0 Å². The lowest BCUT2D eigenvalue weighted by Crippen LogP contribution is -2.47. The summed E-state index contributed by atoms with van der Waals surface area (Å²) in [4.78, 5) is 12.2. The van der Waals surface area contributed by atoms with Gasteiger partial charge >= 0.3 is 0 Å². The highest BCUT2D eigenvalue weighted by Crippen LogP contribution is 2.33. The monoisotopic (exact) mass is 317 g/mol. The molecule has 0 radical (unpaired) electrons. The molecule has 0 spiro atoms. The fourth-order valence-corrected chi connectivity index (χ4v) is 3.75. The van der Waals surface area contributed by atoms with Crippen LogP contribution in [0.2, 0.25) is 0 Å². The first-order chi connectivity index (χ1) is 11.1. The molecule has 0 aromatic heterocycles. The zero-order chi connectivity index (χ0) is 16.7. The van der Waals surface area contributed by atoms with Crippen molar-refractivity contribution in [2.24, 2.45) is 11.8 Å². The van der Waals surface area contributed by atoms with E-state index in [0.717, 1.165) is 50.9 Å². The summed E-state index contributed by atoms with van der Waals surface area (Å²) in [5.41, 5.74) is 1.25. The van der Waals surface area contributed by atoms with E-state index in [1.165, 1.54) is 18.4 Å². The molecule has 0 aromatic rings. The Morgan fingerprint density at radius 3 is 2.48 bits per heavy atom. The third-order valence-corrected chi connectivity index (χ3v) is 5.32. The van der Waals surface area contributed by atoms with E-state index in [0.29, 0.717) is 6.04 Å². The summed E-state index contributed by atoms with van der Waals surface area (Å²) in [5, 5.41) is 12.7. The average molecular weight is 317 g/mol. The number of carbonyl (C=O) groups excluding carboxylic acids is 1. The molecule has 128 valence electrons. The first-order valence-electron chi connectivity index (χ1n) is 9.04. The molecule has 2 aliphatic rings. The molecule has 0 bridgehead atoms. The molecule has 3 heteroatoms. The van der Waals surface area contributed by atoms with Gasteiger partial charge in [-0.3, -0.25) is 4.79 Å². The standard InChI is InChI=1S/C20H31NO2/c1-3-6-15(4-2)7-5-8-16-13-18(14-16)21-20(23)17-9-11-19(22)12-10-17/h3-4,6,16-19,22H,1-2,5,7-14H2,(H,21,23)/b15-6+. The summed E-state index contributed by atoms with van der Waals surface area (Å²) in [6.07, 6.45) is 14.5. The van der Waals surface area contributed by atoms with E-state index in [4.69, 9.17) is 0 Å². The number of nitrogens with one attached hydrogen (secondary N) is 1. The van der Waals surface area contributed by atoms with Crippen LogP contribution in [0.15, 0.2) is 37.0 Å². The summed E-state index contributed by atoms with van der Waals surface area (Å²) in [7, 11) is 0. The van der Waals surface area contributed by atoms with Gasteiger partial charge in [-0.2, -0.15) is 0 Å². The minimum atomic E-state index is -0.192. The summed E-state index contributed by atoms with van der Waals surface area (Å²) in [6, 6.07) is 0.377. The maximum Gasteiger partial charge on any atom is 0.223 e. The third kappa shape index (κ3) is 5.65. The van der Waals surface area contributed by atoms with Gasteiger partial charge in [0.2, 0.25) is 5.91 Å². The van der Waals surface area contributed by atoms with Gasteiger partial charge in [-0.15, -0.1) is 0 Å². The van der Waals surface area contributed by atoms with Crippen LogP contribution in [0.4, 0.5) is 0 Å². The molecule has 0 unspecified atom stereocenters. The van der Waals surface area contributed by atoms with Gasteiger partial charge < -0.3 is 10.4 Å². The zero-order valence-corrected chi connectivity index (χ0v) is 14.2. The minimum Gasteiger partial charge on any atom is -0.393 e. The van der Waals surface area contributed by atoms with Gasteiger partial charge in [0.1, 0.15) is 0 Å². The molecule has 2 saturated carbocycles. The van der Waals surface area contributed by atoms with Crippen LogP contribution < -0.4 is 5.32 Å². The quantitative estimate of drug-likeness (QED) is 0.667. The molecule has 2 rings (SSSR count). The van der Waals surface area contributed by atoms with Gasteiger partial charge in [0, 0.05) is 12.0 Å². The Hall–Kier alpha value is -1.35. The maximum absolute atomic E-state index is 12.2. The predicted octanol–water partition coefficient (Wildman–Crippen LogP) is 3.90. The molecule has 0 saturated heterocycles. The Morgan fingerprint density at radius 2 is 1.87 bits per heavy atom. The highest BCUT2D eigenvalue weighted by atomic mass is 16.3. The van der Waals surface area contributed by atoms with Crippen molar-refractivity contribution < 1.29 is 9.90 Å². The predicted molar refractivity (Wildman–Crippen MR) is 94.9 cm³/mol. The first-order valence-corrected chi connectivity index (χ1v) is 9.04. The van der Waals surface area contributed by atoms with Crippen molar-refractivity contribution in [2.45, 2.75) is 69.9 Å². The van der Waals surface area contributed by atoms with Crippen LogP contribution in [-0.2, 0) is 4.79 Å². The molecule has 1 amide bonds. The van der Waals surface area contributed by atoms with E-state index in [1.54, 1.807) is 0 Å². The molecule has 3 nitrogen and oxygen atoms in total. The number of aliphatic hydroxyl groups is 1. The van der Waals surface area contributed by atoms with E-state index < -0.39 is 0 Å². The van der Waals surface area contributed by atoms with Crippen molar-refractivity contribution >= 4 is 5.91 Å². The molecule has 0 aromatic carbocycles. The second-order valence-corrected chi connectivity index (χ2v) is 7.12. The van der Waals surface area contributed by atoms with E-state index in [1.807, 2.05) is 18.2 Å². The van der Waals surface area contributed by atoms with Crippen LogP contribution in [0.5, 0.6) is 0 Å². The average Bonchev–Trinajstić information content (AvgIpc) is 2.51. The maximum atomic E-state index is 12.2. The highest BCUT2D eigenvalue weighted by molar-refractivity contribution is 5.79. The van der Waals surface area contributed by atoms with Gasteiger partial charge in [0.15, 0.2) is 0 Å².